The lowest BCUT2D eigenvalue weighted by atomic mass is 9.86. The largest absolute Gasteiger partial charge is 0.342 e. The van der Waals surface area contributed by atoms with Crippen LogP contribution in [-0.2, 0) is 18.4 Å². The van der Waals surface area contributed by atoms with E-state index in [1.54, 1.807) is 10.9 Å². The highest BCUT2D eigenvalue weighted by atomic mass is 16.6. The predicted octanol–water partition coefficient (Wildman–Crippen LogP) is 1.34. The molecule has 0 N–H and O–H groups in total. The van der Waals surface area contributed by atoms with E-state index in [-0.39, 0.29) is 17.2 Å². The molecule has 8 heteroatoms. The summed E-state index contributed by atoms with van der Waals surface area (Å²) < 4.78 is 6.55. The predicted molar refractivity (Wildman–Crippen MR) is 94.2 cm³/mol. The maximum Gasteiger partial charge on any atom is 0.229 e. The molecule has 1 amide bonds. The third kappa shape index (κ3) is 3.13. The minimum absolute atomic E-state index is 0.139. The second-order valence-electron chi connectivity index (χ2n) is 7.94. The molecule has 0 bridgehead atoms. The van der Waals surface area contributed by atoms with Crippen LogP contribution in [0.3, 0.4) is 0 Å². The molecule has 0 aliphatic carbocycles. The molecule has 2 aromatic rings. The van der Waals surface area contributed by atoms with Gasteiger partial charge in [-0.05, 0) is 33.2 Å². The molecule has 0 aromatic carbocycles. The van der Waals surface area contributed by atoms with Crippen molar-refractivity contribution >= 4 is 5.91 Å². The van der Waals surface area contributed by atoms with Gasteiger partial charge in [0.25, 0.3) is 0 Å². The van der Waals surface area contributed by atoms with Gasteiger partial charge in [-0.25, -0.2) is 4.63 Å². The van der Waals surface area contributed by atoms with E-state index in [1.165, 1.54) is 0 Å². The number of likely N-dealkylation sites (tertiary alicyclic amines) is 2. The Labute approximate surface area is 153 Å². The topological polar surface area (TPSA) is 80.3 Å². The van der Waals surface area contributed by atoms with E-state index in [0.29, 0.717) is 0 Å². The molecule has 0 radical (unpaired) electrons. The minimum atomic E-state index is -0.139. The second-order valence-corrected chi connectivity index (χ2v) is 7.94. The maximum absolute atomic E-state index is 12.9. The highest BCUT2D eigenvalue weighted by Crippen LogP contribution is 2.40. The molecule has 2 atom stereocenters. The van der Waals surface area contributed by atoms with E-state index >= 15 is 0 Å². The van der Waals surface area contributed by atoms with Crippen molar-refractivity contribution in [1.29, 1.82) is 0 Å². The fraction of sp³-hybridized carbons (Fsp3) is 0.667. The van der Waals surface area contributed by atoms with Crippen LogP contribution in [0.15, 0.2) is 17.0 Å². The van der Waals surface area contributed by atoms with E-state index < -0.39 is 0 Å². The van der Waals surface area contributed by atoms with Crippen molar-refractivity contribution in [3.63, 3.8) is 0 Å². The summed E-state index contributed by atoms with van der Waals surface area (Å²) in [5.74, 6) is 0.0741. The number of carbonyl (C=O) groups excluding carboxylic acids is 1. The number of amides is 1. The Bertz CT molecular complexity index is 799. The summed E-state index contributed by atoms with van der Waals surface area (Å²) in [6.07, 6.45) is 5.92. The van der Waals surface area contributed by atoms with E-state index in [9.17, 15) is 4.79 Å². The Morgan fingerprint density at radius 1 is 1.31 bits per heavy atom. The molecule has 4 rings (SSSR count). The standard InChI is InChI=1S/C18H26N6O2/c1-13(15-8-19-22(3)9-15)17(25)24-7-5-18(12-24)4-6-23(11-18)10-16-14(2)20-26-21-16/h8-9,13H,4-7,10-12H2,1-3H3. The SMILES string of the molecule is Cc1nonc1CN1CCC2(CCN(C(=O)C(C)c3cnn(C)c3)C2)C1. The van der Waals surface area contributed by atoms with Crippen LogP contribution in [0, 0.1) is 12.3 Å². The number of rotatable bonds is 4. The van der Waals surface area contributed by atoms with Crippen LogP contribution in [0.1, 0.15) is 42.6 Å². The summed E-state index contributed by atoms with van der Waals surface area (Å²) in [6, 6.07) is 0. The number of hydrogen-bond donors (Lipinski definition) is 0. The average Bonchev–Trinajstić information content (AvgIpc) is 3.39. The molecule has 2 aliphatic heterocycles. The zero-order chi connectivity index (χ0) is 18.3. The van der Waals surface area contributed by atoms with Crippen molar-refractivity contribution in [2.75, 3.05) is 26.2 Å². The molecule has 2 fully saturated rings. The monoisotopic (exact) mass is 358 g/mol. The number of aryl methyl sites for hydroxylation is 2. The van der Waals surface area contributed by atoms with Crippen molar-refractivity contribution < 1.29 is 9.42 Å². The molecule has 2 unspecified atom stereocenters. The fourth-order valence-electron chi connectivity index (χ4n) is 4.30. The van der Waals surface area contributed by atoms with Crippen LogP contribution in [0.4, 0.5) is 0 Å². The van der Waals surface area contributed by atoms with Gasteiger partial charge in [-0.2, -0.15) is 5.10 Å². The van der Waals surface area contributed by atoms with E-state index in [4.69, 9.17) is 4.63 Å². The molecule has 140 valence electrons. The Morgan fingerprint density at radius 2 is 2.12 bits per heavy atom. The van der Waals surface area contributed by atoms with Crippen molar-refractivity contribution in [2.45, 2.75) is 39.2 Å². The Kier molecular flexibility index (Phi) is 4.30. The van der Waals surface area contributed by atoms with Gasteiger partial charge in [-0.1, -0.05) is 10.3 Å². The molecule has 1 spiro atoms. The van der Waals surface area contributed by atoms with E-state index in [0.717, 1.165) is 62.5 Å². The van der Waals surface area contributed by atoms with Crippen LogP contribution in [0.2, 0.25) is 0 Å². The summed E-state index contributed by atoms with van der Waals surface area (Å²) in [7, 11) is 1.88. The van der Waals surface area contributed by atoms with Crippen LogP contribution < -0.4 is 0 Å². The number of hydrogen-bond acceptors (Lipinski definition) is 6. The lowest BCUT2D eigenvalue weighted by molar-refractivity contribution is -0.131. The Morgan fingerprint density at radius 3 is 2.81 bits per heavy atom. The molecule has 4 heterocycles. The molecule has 0 saturated carbocycles. The van der Waals surface area contributed by atoms with Crippen LogP contribution >= 0.6 is 0 Å². The van der Waals surface area contributed by atoms with Gasteiger partial charge in [-0.15, -0.1) is 0 Å². The molecular weight excluding hydrogens is 332 g/mol. The van der Waals surface area contributed by atoms with Gasteiger partial charge < -0.3 is 4.90 Å². The van der Waals surface area contributed by atoms with Gasteiger partial charge in [0.2, 0.25) is 5.91 Å². The smallest absolute Gasteiger partial charge is 0.229 e. The molecule has 2 saturated heterocycles. The van der Waals surface area contributed by atoms with Gasteiger partial charge in [0.1, 0.15) is 11.4 Å². The van der Waals surface area contributed by atoms with Crippen LogP contribution in [-0.4, -0.2) is 62.0 Å². The summed E-state index contributed by atoms with van der Waals surface area (Å²) >= 11 is 0. The summed E-state index contributed by atoms with van der Waals surface area (Å²) in [6.45, 7) is 8.41. The van der Waals surface area contributed by atoms with E-state index in [2.05, 4.69) is 20.3 Å². The number of carbonyl (C=O) groups is 1. The lowest BCUT2D eigenvalue weighted by Gasteiger charge is -2.26. The second kappa shape index (κ2) is 6.50. The average molecular weight is 358 g/mol. The first-order valence-electron chi connectivity index (χ1n) is 9.23. The van der Waals surface area contributed by atoms with Crippen molar-refractivity contribution in [3.05, 3.63) is 29.3 Å². The third-order valence-electron chi connectivity index (χ3n) is 5.98. The van der Waals surface area contributed by atoms with Crippen molar-refractivity contribution in [1.82, 2.24) is 29.9 Å². The summed E-state index contributed by atoms with van der Waals surface area (Å²) in [5, 5.41) is 12.0. The van der Waals surface area contributed by atoms with Crippen molar-refractivity contribution in [2.24, 2.45) is 12.5 Å². The van der Waals surface area contributed by atoms with Gasteiger partial charge in [-0.3, -0.25) is 14.4 Å². The Balaban J connectivity index is 1.37. The van der Waals surface area contributed by atoms with Crippen LogP contribution in [0.25, 0.3) is 0 Å². The van der Waals surface area contributed by atoms with Gasteiger partial charge in [0, 0.05) is 50.4 Å². The Hall–Kier alpha value is -2.22. The normalized spacial score (nSPS) is 24.7. The first kappa shape index (κ1) is 17.2. The lowest BCUT2D eigenvalue weighted by Crippen LogP contribution is -2.36. The first-order chi connectivity index (χ1) is 12.5. The van der Waals surface area contributed by atoms with Gasteiger partial charge in [0.15, 0.2) is 0 Å². The summed E-state index contributed by atoms with van der Waals surface area (Å²) in [5.41, 5.74) is 2.98. The highest BCUT2D eigenvalue weighted by Gasteiger charge is 2.45. The molecule has 26 heavy (non-hydrogen) atoms. The fourth-order valence-corrected chi connectivity index (χ4v) is 4.30. The van der Waals surface area contributed by atoms with Crippen molar-refractivity contribution in [3.8, 4) is 0 Å². The molecule has 8 nitrogen and oxygen atoms in total. The third-order valence-corrected chi connectivity index (χ3v) is 5.98. The highest BCUT2D eigenvalue weighted by molar-refractivity contribution is 5.83. The number of nitrogens with zero attached hydrogens (tertiary/aromatic N) is 6. The maximum atomic E-state index is 12.9. The van der Waals surface area contributed by atoms with E-state index in [1.807, 2.05) is 32.0 Å². The number of aromatic nitrogens is 4. The van der Waals surface area contributed by atoms with Gasteiger partial charge >= 0.3 is 0 Å². The molecule has 2 aromatic heterocycles. The van der Waals surface area contributed by atoms with Gasteiger partial charge in [0.05, 0.1) is 12.1 Å². The summed E-state index contributed by atoms with van der Waals surface area (Å²) in [4.78, 5) is 17.4. The first-order valence-corrected chi connectivity index (χ1v) is 9.23. The zero-order valence-electron chi connectivity index (χ0n) is 15.7. The quantitative estimate of drug-likeness (QED) is 0.820. The zero-order valence-corrected chi connectivity index (χ0v) is 15.7. The minimum Gasteiger partial charge on any atom is -0.342 e. The molecule has 2 aliphatic rings. The van der Waals surface area contributed by atoms with Crippen LogP contribution in [0.5, 0.6) is 0 Å². The molecular formula is C18H26N6O2.